The molecule has 4 nitrogen and oxygen atoms in total. The molecule has 1 aromatic rings. The Hall–Kier alpha value is -1.55. The molecule has 0 spiro atoms. The van der Waals surface area contributed by atoms with Crippen LogP contribution in [0, 0.1) is 5.92 Å². The lowest BCUT2D eigenvalue weighted by molar-refractivity contribution is -0.0251. The zero-order chi connectivity index (χ0) is 17.7. The number of piperidine rings is 1. The van der Waals surface area contributed by atoms with E-state index in [4.69, 9.17) is 4.74 Å². The maximum atomic E-state index is 12.5. The minimum atomic E-state index is -0.514. The Morgan fingerprint density at radius 3 is 2.58 bits per heavy atom. The summed E-state index contributed by atoms with van der Waals surface area (Å²) in [5, 5.41) is 10.4. The number of benzene rings is 1. The van der Waals surface area contributed by atoms with Gasteiger partial charge in [-0.1, -0.05) is 37.3 Å². The van der Waals surface area contributed by atoms with Crippen molar-refractivity contribution in [3.05, 3.63) is 35.9 Å². The minimum absolute atomic E-state index is 0.160. The van der Waals surface area contributed by atoms with Gasteiger partial charge in [-0.05, 0) is 57.9 Å². The molecule has 24 heavy (non-hydrogen) atoms. The second-order valence-electron chi connectivity index (χ2n) is 7.80. The Balaban J connectivity index is 2.05. The summed E-state index contributed by atoms with van der Waals surface area (Å²) in [6.45, 7) is 8.22. The van der Waals surface area contributed by atoms with Gasteiger partial charge in [0.05, 0.1) is 12.1 Å². The van der Waals surface area contributed by atoms with Gasteiger partial charge in [-0.3, -0.25) is 0 Å². The van der Waals surface area contributed by atoms with Crippen LogP contribution in [0.2, 0.25) is 0 Å². The summed E-state index contributed by atoms with van der Waals surface area (Å²) in [5.41, 5.74) is 0.803. The summed E-state index contributed by atoms with van der Waals surface area (Å²) in [5.74, 6) is 0.484. The van der Waals surface area contributed by atoms with Gasteiger partial charge in [-0.25, -0.2) is 4.79 Å². The number of amides is 1. The Kier molecular flexibility index (Phi) is 6.27. The van der Waals surface area contributed by atoms with E-state index in [1.807, 2.05) is 33.8 Å². The largest absolute Gasteiger partial charge is 0.444 e. The number of ether oxygens (including phenoxy) is 1. The van der Waals surface area contributed by atoms with Crippen LogP contribution in [-0.2, 0) is 11.2 Å². The molecule has 1 saturated heterocycles. The fourth-order valence-electron chi connectivity index (χ4n) is 3.39. The molecule has 0 saturated carbocycles. The zero-order valence-electron chi connectivity index (χ0n) is 15.4. The van der Waals surface area contributed by atoms with Crippen LogP contribution in [-0.4, -0.2) is 40.4 Å². The van der Waals surface area contributed by atoms with Crippen molar-refractivity contribution < 1.29 is 14.6 Å². The van der Waals surface area contributed by atoms with Gasteiger partial charge in [0.2, 0.25) is 0 Å². The number of likely N-dealkylation sites (tertiary alicyclic amines) is 1. The minimum Gasteiger partial charge on any atom is -0.444 e. The van der Waals surface area contributed by atoms with Gasteiger partial charge in [0.15, 0.2) is 0 Å². The lowest BCUT2D eigenvalue weighted by Gasteiger charge is -2.42. The SMILES string of the molecule is CC[C@H](O)[C@H]1C[C@@H](Cc2ccccc2)CCN1C(=O)OC(C)(C)C. The van der Waals surface area contributed by atoms with Crippen LogP contribution < -0.4 is 0 Å². The number of carbonyl (C=O) groups is 1. The second-order valence-corrected chi connectivity index (χ2v) is 7.80. The number of hydrogen-bond donors (Lipinski definition) is 1. The van der Waals surface area contributed by atoms with Crippen molar-refractivity contribution in [2.45, 2.75) is 71.1 Å². The molecule has 0 aliphatic carbocycles. The van der Waals surface area contributed by atoms with E-state index in [0.717, 1.165) is 19.3 Å². The zero-order valence-corrected chi connectivity index (χ0v) is 15.4. The van der Waals surface area contributed by atoms with Crippen molar-refractivity contribution in [1.29, 1.82) is 0 Å². The standard InChI is InChI=1S/C20H31NO3/c1-5-18(22)17-14-16(13-15-9-7-6-8-10-15)11-12-21(17)19(23)24-20(2,3)4/h6-10,16-18,22H,5,11-14H2,1-4H3/t16-,17-,18+/m1/s1. The lowest BCUT2D eigenvalue weighted by atomic mass is 9.84. The van der Waals surface area contributed by atoms with Crippen LogP contribution in [0.4, 0.5) is 4.79 Å². The third-order valence-electron chi connectivity index (χ3n) is 4.61. The van der Waals surface area contributed by atoms with Crippen molar-refractivity contribution >= 4 is 6.09 Å². The van der Waals surface area contributed by atoms with Crippen LogP contribution in [0.5, 0.6) is 0 Å². The first-order valence-electron chi connectivity index (χ1n) is 9.01. The average Bonchev–Trinajstić information content (AvgIpc) is 2.53. The van der Waals surface area contributed by atoms with E-state index in [-0.39, 0.29) is 12.1 Å². The van der Waals surface area contributed by atoms with Gasteiger partial charge in [-0.15, -0.1) is 0 Å². The third-order valence-corrected chi connectivity index (χ3v) is 4.61. The number of aliphatic hydroxyl groups excluding tert-OH is 1. The fraction of sp³-hybridized carbons (Fsp3) is 0.650. The normalized spacial score (nSPS) is 23.0. The summed E-state index contributed by atoms with van der Waals surface area (Å²) < 4.78 is 5.53. The van der Waals surface area contributed by atoms with Gasteiger partial charge >= 0.3 is 6.09 Å². The maximum Gasteiger partial charge on any atom is 0.410 e. The highest BCUT2D eigenvalue weighted by molar-refractivity contribution is 5.68. The molecule has 3 atom stereocenters. The molecule has 1 aromatic carbocycles. The van der Waals surface area contributed by atoms with Crippen molar-refractivity contribution in [3.8, 4) is 0 Å². The molecule has 1 aliphatic heterocycles. The van der Waals surface area contributed by atoms with E-state index in [9.17, 15) is 9.90 Å². The highest BCUT2D eigenvalue weighted by Gasteiger charge is 2.37. The number of rotatable bonds is 4. The molecule has 1 heterocycles. The third kappa shape index (κ3) is 5.23. The average molecular weight is 333 g/mol. The Morgan fingerprint density at radius 1 is 1.33 bits per heavy atom. The maximum absolute atomic E-state index is 12.5. The van der Waals surface area contributed by atoms with Gasteiger partial charge in [-0.2, -0.15) is 0 Å². The smallest absolute Gasteiger partial charge is 0.410 e. The Bertz CT molecular complexity index is 523. The Morgan fingerprint density at radius 2 is 2.00 bits per heavy atom. The predicted molar refractivity (Wildman–Crippen MR) is 95.9 cm³/mol. The predicted octanol–water partition coefficient (Wildman–Crippen LogP) is 4.02. The summed E-state index contributed by atoms with van der Waals surface area (Å²) >= 11 is 0. The molecule has 1 amide bonds. The van der Waals surface area contributed by atoms with E-state index in [2.05, 4.69) is 24.3 Å². The van der Waals surface area contributed by atoms with Gasteiger partial charge in [0.1, 0.15) is 5.60 Å². The molecule has 0 radical (unpaired) electrons. The van der Waals surface area contributed by atoms with Crippen molar-refractivity contribution in [1.82, 2.24) is 4.90 Å². The summed E-state index contributed by atoms with van der Waals surface area (Å²) in [7, 11) is 0. The Labute approximate surface area is 145 Å². The first-order chi connectivity index (χ1) is 11.3. The molecule has 1 aliphatic rings. The summed E-state index contributed by atoms with van der Waals surface area (Å²) in [6.07, 6.45) is 2.59. The highest BCUT2D eigenvalue weighted by Crippen LogP contribution is 2.30. The van der Waals surface area contributed by atoms with Crippen molar-refractivity contribution in [3.63, 3.8) is 0 Å². The second kappa shape index (κ2) is 8.02. The van der Waals surface area contributed by atoms with E-state index < -0.39 is 11.7 Å². The summed E-state index contributed by atoms with van der Waals surface area (Å²) in [6, 6.07) is 10.3. The van der Waals surface area contributed by atoms with Crippen molar-refractivity contribution in [2.75, 3.05) is 6.54 Å². The van der Waals surface area contributed by atoms with Gasteiger partial charge in [0.25, 0.3) is 0 Å². The van der Waals surface area contributed by atoms with Crippen LogP contribution in [0.1, 0.15) is 52.5 Å². The quantitative estimate of drug-likeness (QED) is 0.905. The molecule has 1 N–H and O–H groups in total. The van der Waals surface area contributed by atoms with E-state index in [0.29, 0.717) is 18.9 Å². The molecule has 1 fully saturated rings. The lowest BCUT2D eigenvalue weighted by Crippen LogP contribution is -2.53. The highest BCUT2D eigenvalue weighted by atomic mass is 16.6. The van der Waals surface area contributed by atoms with Crippen LogP contribution >= 0.6 is 0 Å². The van der Waals surface area contributed by atoms with E-state index in [1.54, 1.807) is 4.90 Å². The molecule has 0 bridgehead atoms. The number of hydrogen-bond acceptors (Lipinski definition) is 3. The number of carbonyl (C=O) groups excluding carboxylic acids is 1. The van der Waals surface area contributed by atoms with Gasteiger partial charge < -0.3 is 14.7 Å². The molecule has 4 heteroatoms. The van der Waals surface area contributed by atoms with E-state index in [1.165, 1.54) is 5.56 Å². The molecular formula is C20H31NO3. The molecule has 134 valence electrons. The number of aliphatic hydroxyl groups is 1. The fourth-order valence-corrected chi connectivity index (χ4v) is 3.39. The first-order valence-corrected chi connectivity index (χ1v) is 9.01. The van der Waals surface area contributed by atoms with Crippen LogP contribution in [0.25, 0.3) is 0 Å². The molecular weight excluding hydrogens is 302 g/mol. The molecule has 0 aromatic heterocycles. The molecule has 0 unspecified atom stereocenters. The summed E-state index contributed by atoms with van der Waals surface area (Å²) in [4.78, 5) is 14.2. The molecule has 2 rings (SSSR count). The van der Waals surface area contributed by atoms with E-state index >= 15 is 0 Å². The monoisotopic (exact) mass is 333 g/mol. The van der Waals surface area contributed by atoms with Crippen molar-refractivity contribution in [2.24, 2.45) is 5.92 Å². The first kappa shape index (κ1) is 18.8. The topological polar surface area (TPSA) is 49.8 Å². The van der Waals surface area contributed by atoms with Crippen LogP contribution in [0.3, 0.4) is 0 Å². The van der Waals surface area contributed by atoms with Gasteiger partial charge in [0, 0.05) is 6.54 Å². The van der Waals surface area contributed by atoms with Crippen LogP contribution in [0.15, 0.2) is 30.3 Å². The number of nitrogens with zero attached hydrogens (tertiary/aromatic N) is 1.